The molecule has 2 amide bonds. The molecule has 1 fully saturated rings. The number of benzene rings is 2. The number of amidine groups is 1. The van der Waals surface area contributed by atoms with E-state index in [1.165, 1.54) is 41.9 Å². The molecule has 36 heavy (non-hydrogen) atoms. The Bertz CT molecular complexity index is 1470. The van der Waals surface area contributed by atoms with Crippen LogP contribution in [0.1, 0.15) is 16.1 Å². The molecule has 11 heteroatoms. The van der Waals surface area contributed by atoms with Crippen LogP contribution in [0.3, 0.4) is 0 Å². The Morgan fingerprint density at radius 3 is 2.33 bits per heavy atom. The number of nitrogens with zero attached hydrogens (tertiary/aromatic N) is 4. The molecule has 1 aliphatic heterocycles. The molecule has 3 aromatic rings. The van der Waals surface area contributed by atoms with E-state index in [-0.39, 0.29) is 21.3 Å². The van der Waals surface area contributed by atoms with Crippen molar-refractivity contribution in [3.05, 3.63) is 87.2 Å². The van der Waals surface area contributed by atoms with Gasteiger partial charge in [-0.3, -0.25) is 24.0 Å². The Labute approximate surface area is 210 Å². The molecule has 0 bridgehead atoms. The van der Waals surface area contributed by atoms with Crippen LogP contribution >= 0.6 is 11.8 Å². The van der Waals surface area contributed by atoms with E-state index in [9.17, 15) is 19.2 Å². The Kier molecular flexibility index (Phi) is 6.93. The number of ether oxygens (including phenoxy) is 1. The number of aromatic nitrogens is 2. The summed E-state index contributed by atoms with van der Waals surface area (Å²) in [5.41, 5.74) is 2.01. The Morgan fingerprint density at radius 2 is 1.69 bits per heavy atom. The monoisotopic (exact) mass is 505 g/mol. The van der Waals surface area contributed by atoms with Crippen molar-refractivity contribution in [2.45, 2.75) is 6.92 Å². The van der Waals surface area contributed by atoms with Crippen LogP contribution in [-0.4, -0.2) is 51.4 Å². The third-order valence-corrected chi connectivity index (χ3v) is 6.63. The highest BCUT2D eigenvalue weighted by Crippen LogP contribution is 2.32. The first-order valence-corrected chi connectivity index (χ1v) is 11.6. The van der Waals surface area contributed by atoms with Crippen molar-refractivity contribution in [1.82, 2.24) is 14.3 Å². The maximum atomic E-state index is 13.1. The molecule has 2 aromatic carbocycles. The van der Waals surface area contributed by atoms with Gasteiger partial charge in [0.15, 0.2) is 10.9 Å². The highest BCUT2D eigenvalue weighted by Gasteiger charge is 2.32. The summed E-state index contributed by atoms with van der Waals surface area (Å²) < 4.78 is 7.86. The lowest BCUT2D eigenvalue weighted by atomic mass is 10.2. The van der Waals surface area contributed by atoms with Crippen LogP contribution in [0.2, 0.25) is 0 Å². The molecule has 2 heterocycles. The summed E-state index contributed by atoms with van der Waals surface area (Å²) >= 11 is 1.01. The maximum absolute atomic E-state index is 13.1. The quantitative estimate of drug-likeness (QED) is 0.421. The molecule has 1 N–H and O–H groups in total. The van der Waals surface area contributed by atoms with Crippen molar-refractivity contribution >= 4 is 46.1 Å². The minimum atomic E-state index is -0.520. The molecule has 1 saturated heterocycles. The normalized spacial score (nSPS) is 15.6. The number of nitrogens with one attached hydrogen (secondary N) is 1. The van der Waals surface area contributed by atoms with Crippen LogP contribution in [0.15, 0.2) is 75.4 Å². The highest BCUT2D eigenvalue weighted by molar-refractivity contribution is 8.18. The Hall–Kier alpha value is -4.38. The lowest BCUT2D eigenvalue weighted by Crippen LogP contribution is -2.24. The van der Waals surface area contributed by atoms with E-state index in [0.29, 0.717) is 22.6 Å². The van der Waals surface area contributed by atoms with Gasteiger partial charge in [-0.15, -0.1) is 0 Å². The number of carbonyl (C=O) groups excluding carboxylic acids is 3. The van der Waals surface area contributed by atoms with Gasteiger partial charge < -0.3 is 10.1 Å². The SMILES string of the molecule is COC(=O)c1ccc(NC(=O)C=C2SC(=Nc3c(C)n(C)n(-c4ccccc4)c3=O)N(C)C2=O)cc1. The van der Waals surface area contributed by atoms with Crippen molar-refractivity contribution < 1.29 is 19.1 Å². The van der Waals surface area contributed by atoms with Gasteiger partial charge in [-0.05, 0) is 55.1 Å². The van der Waals surface area contributed by atoms with E-state index in [0.717, 1.165) is 11.8 Å². The fourth-order valence-electron chi connectivity index (χ4n) is 3.54. The number of hydrogen-bond donors (Lipinski definition) is 1. The first-order chi connectivity index (χ1) is 17.2. The van der Waals surface area contributed by atoms with Crippen molar-refractivity contribution in [3.63, 3.8) is 0 Å². The van der Waals surface area contributed by atoms with E-state index in [2.05, 4.69) is 15.0 Å². The van der Waals surface area contributed by atoms with Gasteiger partial charge in [-0.2, -0.15) is 0 Å². The smallest absolute Gasteiger partial charge is 0.337 e. The van der Waals surface area contributed by atoms with Gasteiger partial charge in [-0.1, -0.05) is 18.2 Å². The summed E-state index contributed by atoms with van der Waals surface area (Å²) in [6, 6.07) is 15.3. The summed E-state index contributed by atoms with van der Waals surface area (Å²) in [5.74, 6) is -1.41. The van der Waals surface area contributed by atoms with Crippen molar-refractivity contribution in [3.8, 4) is 5.69 Å². The van der Waals surface area contributed by atoms with Gasteiger partial charge in [0.25, 0.3) is 11.5 Å². The maximum Gasteiger partial charge on any atom is 0.337 e. The molecule has 10 nitrogen and oxygen atoms in total. The summed E-state index contributed by atoms with van der Waals surface area (Å²) in [6.45, 7) is 1.78. The van der Waals surface area contributed by atoms with Gasteiger partial charge in [0.05, 0.1) is 29.0 Å². The average Bonchev–Trinajstić information content (AvgIpc) is 3.26. The number of hydrogen-bond acceptors (Lipinski definition) is 7. The Balaban J connectivity index is 1.56. The largest absolute Gasteiger partial charge is 0.465 e. The average molecular weight is 506 g/mol. The molecular weight excluding hydrogens is 482 g/mol. The van der Waals surface area contributed by atoms with Gasteiger partial charge >= 0.3 is 5.97 Å². The molecule has 4 rings (SSSR count). The lowest BCUT2D eigenvalue weighted by Gasteiger charge is -2.07. The van der Waals surface area contributed by atoms with Crippen molar-refractivity contribution in [2.24, 2.45) is 12.0 Å². The number of para-hydroxylation sites is 1. The molecule has 1 aliphatic rings. The number of thioether (sulfide) groups is 1. The van der Waals surface area contributed by atoms with Crippen LogP contribution in [0.4, 0.5) is 11.4 Å². The van der Waals surface area contributed by atoms with E-state index < -0.39 is 17.8 Å². The third-order valence-electron chi connectivity index (χ3n) is 5.57. The number of anilines is 1. The Morgan fingerprint density at radius 1 is 1.03 bits per heavy atom. The number of rotatable bonds is 5. The second kappa shape index (κ2) is 10.1. The van der Waals surface area contributed by atoms with Crippen LogP contribution in [0.25, 0.3) is 5.69 Å². The third kappa shape index (κ3) is 4.73. The number of likely N-dealkylation sites (N-methyl/N-ethyl adjacent to an activating group) is 1. The minimum absolute atomic E-state index is 0.164. The number of carbonyl (C=O) groups is 3. The molecule has 1 aromatic heterocycles. The van der Waals surface area contributed by atoms with Gasteiger partial charge in [0.1, 0.15) is 0 Å². The predicted molar refractivity (Wildman–Crippen MR) is 138 cm³/mol. The molecule has 0 radical (unpaired) electrons. The number of amides is 2. The first kappa shape index (κ1) is 24.7. The molecular formula is C25H23N5O5S. The van der Waals surface area contributed by atoms with Crippen LogP contribution in [0.5, 0.6) is 0 Å². The second-order valence-corrected chi connectivity index (χ2v) is 8.85. The molecule has 0 spiro atoms. The van der Waals surface area contributed by atoms with E-state index in [4.69, 9.17) is 0 Å². The van der Waals surface area contributed by atoms with Crippen molar-refractivity contribution in [1.29, 1.82) is 0 Å². The predicted octanol–water partition coefficient (Wildman–Crippen LogP) is 2.99. The van der Waals surface area contributed by atoms with Crippen molar-refractivity contribution in [2.75, 3.05) is 19.5 Å². The molecule has 0 unspecified atom stereocenters. The topological polar surface area (TPSA) is 115 Å². The summed E-state index contributed by atoms with van der Waals surface area (Å²) in [5, 5.41) is 2.94. The lowest BCUT2D eigenvalue weighted by molar-refractivity contribution is -0.121. The van der Waals surface area contributed by atoms with E-state index in [1.54, 1.807) is 30.8 Å². The molecule has 0 saturated carbocycles. The fraction of sp³-hybridized carbons (Fsp3) is 0.160. The van der Waals surface area contributed by atoms with E-state index in [1.807, 2.05) is 30.3 Å². The fourth-order valence-corrected chi connectivity index (χ4v) is 4.48. The highest BCUT2D eigenvalue weighted by atomic mass is 32.2. The van der Waals surface area contributed by atoms with E-state index >= 15 is 0 Å². The van der Waals surface area contributed by atoms with Crippen LogP contribution in [-0.2, 0) is 21.4 Å². The zero-order chi connectivity index (χ0) is 26.0. The number of aliphatic imine (C=N–C) groups is 1. The van der Waals surface area contributed by atoms with Crippen LogP contribution < -0.4 is 10.9 Å². The molecule has 0 atom stereocenters. The zero-order valence-corrected chi connectivity index (χ0v) is 20.8. The van der Waals surface area contributed by atoms with Gasteiger partial charge in [0, 0.05) is 25.9 Å². The van der Waals surface area contributed by atoms with Gasteiger partial charge in [0.2, 0.25) is 5.91 Å². The molecule has 0 aliphatic carbocycles. The zero-order valence-electron chi connectivity index (χ0n) is 20.0. The number of esters is 1. The van der Waals surface area contributed by atoms with Gasteiger partial charge in [-0.25, -0.2) is 14.5 Å². The number of methoxy groups -OCH3 is 1. The first-order valence-electron chi connectivity index (χ1n) is 10.8. The van der Waals surface area contributed by atoms with Crippen LogP contribution in [0, 0.1) is 6.92 Å². The summed E-state index contributed by atoms with van der Waals surface area (Å²) in [6.07, 6.45) is 1.18. The summed E-state index contributed by atoms with van der Waals surface area (Å²) in [4.78, 5) is 55.9. The summed E-state index contributed by atoms with van der Waals surface area (Å²) in [7, 11) is 4.58. The second-order valence-electron chi connectivity index (χ2n) is 7.84. The molecule has 184 valence electrons. The minimum Gasteiger partial charge on any atom is -0.465 e. The standard InChI is InChI=1S/C25H23N5O5S/c1-15-21(23(33)30(29(15)3)18-8-6-5-7-9-18)27-25-28(2)22(32)19(36-25)14-20(31)26-17-12-10-16(11-13-17)24(34)35-4/h5-14H,1-4H3,(H,26,31).